The standard InChI is InChI=1S/C79H96ClF3N10O12S4/c1-50-72(107-49-84-50)52-19-24-62-63(29-38-104-66(62)39-52)75(98)86-69-41-58(94)46-93(69)76(99)73(77(2,3)4)87-70(95)15-11-8-12-16-71(96)91-35-32-89(33-36-91)31-28-56(48-106-59-13-9-7-10-14-59)85-64-25-23-60(42-68(64)108(100,101)79(81,82)83)109(102,103)88-74(97)53-20-26-65-67(40-53)105-47-57-45-90(34-37-92(57)65)44-54-43-78(5,6)30-27-61(54)51-17-21-55(80)22-18-51/h7,9-10,13-14,17-26,39-40,42,49,56-58,63,69,73,85,94H,8,11-12,15-16,27-38,41,43-48H2,1-6H3,(H,86,98)(H,87,95)(H,88,97)/t56-,57+,58-,63?,69+,73-/m1/s1. The first-order chi connectivity index (χ1) is 51.8. The van der Waals surface area contributed by atoms with Crippen LogP contribution in [0.1, 0.15) is 138 Å². The quantitative estimate of drug-likeness (QED) is 0.0249. The van der Waals surface area contributed by atoms with Gasteiger partial charge in [-0.2, -0.15) is 13.2 Å². The molecule has 3 fully saturated rings. The molecule has 1 aromatic heterocycles. The van der Waals surface area contributed by atoms with Crippen molar-refractivity contribution in [3.8, 4) is 21.9 Å². The van der Waals surface area contributed by atoms with Gasteiger partial charge in [0.1, 0.15) is 35.2 Å². The number of ether oxygens (including phenoxy) is 2. The summed E-state index contributed by atoms with van der Waals surface area (Å²) in [6.07, 6.45) is 3.98. The lowest BCUT2D eigenvalue weighted by molar-refractivity contribution is -0.142. The largest absolute Gasteiger partial charge is 0.501 e. The fourth-order valence-electron chi connectivity index (χ4n) is 15.4. The van der Waals surface area contributed by atoms with E-state index in [4.69, 9.17) is 21.1 Å². The highest BCUT2D eigenvalue weighted by Gasteiger charge is 2.49. The smallest absolute Gasteiger partial charge is 0.493 e. The molecule has 0 radical (unpaired) electrons. The highest BCUT2D eigenvalue weighted by molar-refractivity contribution is 7.99. The van der Waals surface area contributed by atoms with E-state index in [2.05, 4.69) is 61.6 Å². The number of amides is 5. The van der Waals surface area contributed by atoms with E-state index >= 15 is 0 Å². The number of thioether (sulfide) groups is 1. The molecule has 6 aromatic rings. The summed E-state index contributed by atoms with van der Waals surface area (Å²) in [7, 11) is -11.2. The molecule has 3 saturated heterocycles. The zero-order valence-electron chi connectivity index (χ0n) is 62.2. The minimum Gasteiger partial charge on any atom is -0.493 e. The first-order valence-electron chi connectivity index (χ1n) is 37.2. The fourth-order valence-corrected chi connectivity index (χ4v) is 19.3. The summed E-state index contributed by atoms with van der Waals surface area (Å²) in [6, 6.07) is 28.2. The number of halogens is 4. The van der Waals surface area contributed by atoms with Crippen LogP contribution >= 0.6 is 34.7 Å². The summed E-state index contributed by atoms with van der Waals surface area (Å²) in [5, 5.41) is 20.5. The number of anilines is 2. The third kappa shape index (κ3) is 19.6. The molecular weight excluding hydrogens is 1500 g/mol. The van der Waals surface area contributed by atoms with Gasteiger partial charge >= 0.3 is 5.51 Å². The lowest BCUT2D eigenvalue weighted by Gasteiger charge is -2.46. The predicted molar refractivity (Wildman–Crippen MR) is 416 cm³/mol. The van der Waals surface area contributed by atoms with Crippen molar-refractivity contribution >= 4 is 101 Å². The second kappa shape index (κ2) is 34.1. The Bertz CT molecular complexity index is 4590. The minimum atomic E-state index is -6.21. The van der Waals surface area contributed by atoms with Crippen LogP contribution in [0.2, 0.25) is 5.02 Å². The van der Waals surface area contributed by atoms with Crippen LogP contribution in [0, 0.1) is 17.8 Å². The van der Waals surface area contributed by atoms with Gasteiger partial charge in [-0.25, -0.2) is 26.5 Å². The molecule has 6 atom stereocenters. The number of nitrogens with zero attached hydrogens (tertiary/aromatic N) is 6. The number of thiazole rings is 1. The number of piperazine rings is 2. The molecule has 6 aliphatic rings. The van der Waals surface area contributed by atoms with Crippen molar-refractivity contribution in [2.75, 3.05) is 94.6 Å². The topological polar surface area (TPSA) is 270 Å². The molecule has 5 aromatic carbocycles. The van der Waals surface area contributed by atoms with Gasteiger partial charge in [-0.05, 0) is 146 Å². The Balaban J connectivity index is 0.615. The SMILES string of the molecule is Cc1ncsc1-c1ccc2c(c1)OCCC2C(=O)N[C@@H]1C[C@@H](O)CN1C(=O)[C@@H](NC(=O)CCCCCC(=O)N1CCN(CC[C@H](CSc2ccccc2)Nc2ccc(S(=O)(=O)NC(=O)c3ccc4c(c3)OC[C@@H]3CN(CC5=C(c6ccc(Cl)cc6)CCC(C)(C)C5)CCN43)cc2S(=O)(=O)C(F)(F)F)CC1)C(C)(C)C. The normalized spacial score (nSPS) is 20.4. The Hall–Kier alpha value is -7.77. The number of aliphatic hydroxyl groups excluding tert-OH is 1. The van der Waals surface area contributed by atoms with Crippen LogP contribution in [0.15, 0.2) is 135 Å². The molecule has 1 unspecified atom stereocenters. The van der Waals surface area contributed by atoms with Gasteiger partial charge in [0.25, 0.3) is 25.8 Å². The number of aryl methyl sites for hydroxylation is 1. The van der Waals surface area contributed by atoms with E-state index in [1.165, 1.54) is 56.8 Å². The number of β-amino-alcohol motifs (C(OH)–C–C–N with tert-alkyl or cyclic N) is 1. The van der Waals surface area contributed by atoms with E-state index < -0.39 is 88.3 Å². The molecule has 0 saturated carbocycles. The number of aliphatic hydroxyl groups is 1. The third-order valence-electron chi connectivity index (χ3n) is 21.4. The van der Waals surface area contributed by atoms with Crippen LogP contribution in [0.3, 0.4) is 0 Å². The van der Waals surface area contributed by atoms with Gasteiger partial charge in [0.15, 0.2) is 0 Å². The van der Waals surface area contributed by atoms with Crippen molar-refractivity contribution < 1.29 is 68.6 Å². The second-order valence-corrected chi connectivity index (χ2v) is 37.0. The third-order valence-corrected chi connectivity index (χ3v) is 26.7. The average molecular weight is 1600 g/mol. The number of hydrogen-bond donors (Lipinski definition) is 5. The van der Waals surface area contributed by atoms with Gasteiger partial charge in [-0.1, -0.05) is 101 Å². The van der Waals surface area contributed by atoms with Gasteiger partial charge < -0.3 is 45.2 Å². The molecule has 109 heavy (non-hydrogen) atoms. The van der Waals surface area contributed by atoms with E-state index in [9.17, 15) is 59.1 Å². The molecule has 12 rings (SSSR count). The van der Waals surface area contributed by atoms with Crippen molar-refractivity contribution in [3.63, 3.8) is 0 Å². The molecule has 5 N–H and O–H groups in total. The maximum atomic E-state index is 14.7. The molecule has 22 nitrogen and oxygen atoms in total. The average Bonchev–Trinajstić information content (AvgIpc) is 1.23. The number of hydrogen-bond acceptors (Lipinski definition) is 19. The van der Waals surface area contributed by atoms with Crippen LogP contribution < -0.4 is 35.0 Å². The van der Waals surface area contributed by atoms with Crippen LogP contribution in [0.5, 0.6) is 11.5 Å². The number of likely N-dealkylation sites (tertiary alicyclic amines) is 1. The van der Waals surface area contributed by atoms with Crippen LogP contribution in [0.25, 0.3) is 16.0 Å². The number of carbonyl (C=O) groups excluding carboxylic acids is 5. The number of benzene rings is 5. The van der Waals surface area contributed by atoms with E-state index in [0.717, 1.165) is 76.8 Å². The van der Waals surface area contributed by atoms with Crippen molar-refractivity contribution in [3.05, 3.63) is 148 Å². The summed E-state index contributed by atoms with van der Waals surface area (Å²) >= 11 is 9.16. The van der Waals surface area contributed by atoms with Gasteiger partial charge in [0.05, 0.1) is 57.0 Å². The molecule has 6 heterocycles. The molecule has 30 heteroatoms. The van der Waals surface area contributed by atoms with E-state index in [0.29, 0.717) is 114 Å². The van der Waals surface area contributed by atoms with E-state index in [-0.39, 0.29) is 66.3 Å². The summed E-state index contributed by atoms with van der Waals surface area (Å²) in [5.41, 5.74) is 1.99. The Labute approximate surface area is 649 Å². The second-order valence-electron chi connectivity index (χ2n) is 31.1. The number of sulfone groups is 1. The number of allylic oxidation sites excluding steroid dienone is 1. The van der Waals surface area contributed by atoms with Crippen molar-refractivity contribution in [1.29, 1.82) is 0 Å². The minimum absolute atomic E-state index is 0.0145. The maximum absolute atomic E-state index is 14.7. The lowest BCUT2D eigenvalue weighted by Crippen LogP contribution is -2.58. The van der Waals surface area contributed by atoms with Gasteiger partial charge in [0, 0.05) is 118 Å². The summed E-state index contributed by atoms with van der Waals surface area (Å²) in [5.74, 6) is -1.59. The van der Waals surface area contributed by atoms with Gasteiger partial charge in [-0.3, -0.25) is 33.8 Å². The zero-order valence-corrected chi connectivity index (χ0v) is 66.2. The number of unbranched alkanes of at least 4 members (excludes halogenated alkanes) is 2. The van der Waals surface area contributed by atoms with Gasteiger partial charge in [-0.15, -0.1) is 23.1 Å². The number of carbonyl (C=O) groups is 5. The van der Waals surface area contributed by atoms with Crippen molar-refractivity contribution in [1.82, 2.24) is 39.9 Å². The van der Waals surface area contributed by atoms with E-state index in [1.807, 2.05) is 93.1 Å². The molecule has 5 amide bonds. The first-order valence-corrected chi connectivity index (χ1v) is 42.4. The number of alkyl halides is 3. The molecule has 1 aliphatic carbocycles. The lowest BCUT2D eigenvalue weighted by atomic mass is 9.72. The van der Waals surface area contributed by atoms with E-state index in [1.54, 1.807) is 16.5 Å². The number of fused-ring (bicyclic) bond motifs is 4. The Kier molecular flexibility index (Phi) is 25.2. The summed E-state index contributed by atoms with van der Waals surface area (Å²) in [4.78, 5) is 83.3. The Morgan fingerprint density at radius 3 is 2.28 bits per heavy atom. The Morgan fingerprint density at radius 1 is 0.826 bits per heavy atom. The number of sulfonamides is 1. The molecule has 5 aliphatic heterocycles. The molecule has 0 spiro atoms. The first kappa shape index (κ1) is 80.7. The molecular formula is C79H96ClF3N10O12S4. The van der Waals surface area contributed by atoms with Crippen molar-refractivity contribution in [2.45, 2.75) is 169 Å². The van der Waals surface area contributed by atoms with Crippen molar-refractivity contribution in [2.24, 2.45) is 10.8 Å². The zero-order chi connectivity index (χ0) is 77.7. The summed E-state index contributed by atoms with van der Waals surface area (Å²) in [6.45, 7) is 17.7. The molecule has 586 valence electrons. The number of aromatic nitrogens is 1. The summed E-state index contributed by atoms with van der Waals surface area (Å²) < 4.78 is 113. The van der Waals surface area contributed by atoms with Gasteiger partial charge in [0.2, 0.25) is 23.6 Å². The maximum Gasteiger partial charge on any atom is 0.501 e. The fraction of sp³-hybridized carbons (Fsp3) is 0.494. The number of rotatable bonds is 26. The van der Waals surface area contributed by atoms with Crippen LogP contribution in [-0.2, 0) is 39.0 Å². The monoisotopic (exact) mass is 1600 g/mol. The molecule has 0 bridgehead atoms. The van der Waals surface area contributed by atoms with Crippen LogP contribution in [-0.4, -0.2) is 196 Å². The highest BCUT2D eigenvalue weighted by atomic mass is 35.5. The predicted octanol–water partition coefficient (Wildman–Crippen LogP) is 11.9. The Morgan fingerprint density at radius 2 is 1.56 bits per heavy atom. The highest BCUT2D eigenvalue weighted by Crippen LogP contribution is 2.45. The number of nitrogens with one attached hydrogen (secondary N) is 4. The van der Waals surface area contributed by atoms with Crippen LogP contribution in [0.4, 0.5) is 24.5 Å².